The highest BCUT2D eigenvalue weighted by molar-refractivity contribution is 6.32. The molecule has 17 heavy (non-hydrogen) atoms. The number of nitrogens with zero attached hydrogens (tertiary/aromatic N) is 2. The lowest BCUT2D eigenvalue weighted by molar-refractivity contribution is 0.269. The minimum absolute atomic E-state index is 0.334. The molecule has 3 aromatic rings. The van der Waals surface area contributed by atoms with Gasteiger partial charge in [-0.25, -0.2) is 0 Å². The van der Waals surface area contributed by atoms with E-state index >= 15 is 0 Å². The Morgan fingerprint density at radius 1 is 1.41 bits per heavy atom. The number of benzene rings is 1. The molecule has 2 aromatic heterocycles. The molecule has 6 heteroatoms. The third kappa shape index (κ3) is 1.97. The Bertz CT molecular complexity index is 633. The first-order valence-corrected chi connectivity index (χ1v) is 5.35. The quantitative estimate of drug-likeness (QED) is 0.775. The molecule has 0 saturated heterocycles. The van der Waals surface area contributed by atoms with Crippen LogP contribution < -0.4 is 4.74 Å². The van der Waals surface area contributed by atoms with E-state index in [1.54, 1.807) is 12.3 Å². The lowest BCUT2D eigenvalue weighted by atomic mass is 10.2. The average Bonchev–Trinajstić information content (AvgIpc) is 2.95. The second-order valence-electron chi connectivity index (χ2n) is 3.53. The fraction of sp³-hybridized carbons (Fsp3) is 0.0909. The van der Waals surface area contributed by atoms with E-state index in [-0.39, 0.29) is 0 Å². The number of hydrogen-bond donors (Lipinski definition) is 1. The van der Waals surface area contributed by atoms with Crippen molar-refractivity contribution in [1.82, 2.24) is 15.4 Å². The summed E-state index contributed by atoms with van der Waals surface area (Å²) in [5, 5.41) is 12.1. The fourth-order valence-electron chi connectivity index (χ4n) is 1.55. The largest absolute Gasteiger partial charge is 0.471 e. The molecule has 1 aromatic carbocycles. The third-order valence-corrected chi connectivity index (χ3v) is 2.75. The maximum Gasteiger partial charge on any atom is 0.254 e. The summed E-state index contributed by atoms with van der Waals surface area (Å²) in [5.41, 5.74) is 1.79. The Morgan fingerprint density at radius 3 is 3.18 bits per heavy atom. The number of nitrogens with one attached hydrogen (secondary N) is 1. The van der Waals surface area contributed by atoms with E-state index < -0.39 is 0 Å². The van der Waals surface area contributed by atoms with Crippen LogP contribution in [0.5, 0.6) is 5.88 Å². The summed E-state index contributed by atoms with van der Waals surface area (Å²) in [4.78, 5) is 0. The van der Waals surface area contributed by atoms with Gasteiger partial charge < -0.3 is 9.26 Å². The van der Waals surface area contributed by atoms with Gasteiger partial charge in [-0.15, -0.1) is 0 Å². The van der Waals surface area contributed by atoms with Gasteiger partial charge in [-0.05, 0) is 17.3 Å². The first kappa shape index (κ1) is 10.2. The highest BCUT2D eigenvalue weighted by Crippen LogP contribution is 2.23. The molecule has 3 rings (SSSR count). The standard InChI is InChI=1S/C11H8ClN3O2/c12-9-3-7-5-13-14-10(7)4-8(9)6-16-11-1-2-17-15-11/h1-5H,6H2,(H,13,14). The smallest absolute Gasteiger partial charge is 0.254 e. The molecule has 0 radical (unpaired) electrons. The number of hydrogen-bond acceptors (Lipinski definition) is 4. The first-order valence-electron chi connectivity index (χ1n) is 4.97. The Hall–Kier alpha value is -2.01. The van der Waals surface area contributed by atoms with E-state index in [0.29, 0.717) is 17.5 Å². The molecule has 0 spiro atoms. The number of aromatic nitrogens is 3. The van der Waals surface area contributed by atoms with Crippen molar-refractivity contribution in [2.45, 2.75) is 6.61 Å². The van der Waals surface area contributed by atoms with E-state index in [2.05, 4.69) is 19.9 Å². The summed E-state index contributed by atoms with van der Waals surface area (Å²) >= 11 is 6.13. The van der Waals surface area contributed by atoms with Crippen molar-refractivity contribution in [2.75, 3.05) is 0 Å². The molecule has 5 nitrogen and oxygen atoms in total. The lowest BCUT2D eigenvalue weighted by Crippen LogP contribution is -1.96. The van der Waals surface area contributed by atoms with Gasteiger partial charge in [0.1, 0.15) is 12.9 Å². The number of H-pyrrole nitrogens is 1. The predicted molar refractivity (Wildman–Crippen MR) is 61.9 cm³/mol. The van der Waals surface area contributed by atoms with E-state index in [4.69, 9.17) is 16.3 Å². The monoisotopic (exact) mass is 249 g/mol. The van der Waals surface area contributed by atoms with Gasteiger partial charge in [0, 0.05) is 22.0 Å². The molecular formula is C11H8ClN3O2. The van der Waals surface area contributed by atoms with Crippen molar-refractivity contribution in [3.8, 4) is 5.88 Å². The topological polar surface area (TPSA) is 63.9 Å². The van der Waals surface area contributed by atoms with E-state index in [9.17, 15) is 0 Å². The van der Waals surface area contributed by atoms with Crippen LogP contribution in [0.25, 0.3) is 10.9 Å². The molecule has 0 unspecified atom stereocenters. The second-order valence-corrected chi connectivity index (χ2v) is 3.93. The number of aromatic amines is 1. The maximum absolute atomic E-state index is 6.13. The van der Waals surface area contributed by atoms with Crippen molar-refractivity contribution in [2.24, 2.45) is 0 Å². The van der Waals surface area contributed by atoms with Crippen LogP contribution in [-0.4, -0.2) is 15.4 Å². The molecule has 0 aliphatic carbocycles. The predicted octanol–water partition coefficient (Wildman–Crippen LogP) is 2.78. The Labute approximate surface area is 101 Å². The van der Waals surface area contributed by atoms with Crippen LogP contribution in [-0.2, 0) is 6.61 Å². The van der Waals surface area contributed by atoms with Gasteiger partial charge in [0.05, 0.1) is 11.7 Å². The van der Waals surface area contributed by atoms with Gasteiger partial charge >= 0.3 is 0 Å². The zero-order chi connectivity index (χ0) is 11.7. The molecule has 0 aliphatic heterocycles. The summed E-state index contributed by atoms with van der Waals surface area (Å²) < 4.78 is 10.1. The van der Waals surface area contributed by atoms with Crippen LogP contribution in [0, 0.1) is 0 Å². The van der Waals surface area contributed by atoms with Gasteiger partial charge in [-0.2, -0.15) is 5.10 Å². The SMILES string of the molecule is Clc1cc2cn[nH]c2cc1COc1ccon1. The van der Waals surface area contributed by atoms with E-state index in [1.807, 2.05) is 12.1 Å². The van der Waals surface area contributed by atoms with Gasteiger partial charge in [-0.3, -0.25) is 5.10 Å². The summed E-state index contributed by atoms with van der Waals surface area (Å²) in [6.45, 7) is 0.334. The molecule has 0 fully saturated rings. The third-order valence-electron chi connectivity index (χ3n) is 2.40. The molecule has 2 heterocycles. The number of fused-ring (bicyclic) bond motifs is 1. The number of halogens is 1. The minimum Gasteiger partial charge on any atom is -0.471 e. The maximum atomic E-state index is 6.13. The normalized spacial score (nSPS) is 10.9. The molecule has 0 aliphatic rings. The highest BCUT2D eigenvalue weighted by Gasteiger charge is 2.06. The van der Waals surface area contributed by atoms with Crippen LogP contribution in [0.1, 0.15) is 5.56 Å². The van der Waals surface area contributed by atoms with Gasteiger partial charge in [0.15, 0.2) is 0 Å². The van der Waals surface area contributed by atoms with Gasteiger partial charge in [-0.1, -0.05) is 11.6 Å². The highest BCUT2D eigenvalue weighted by atomic mass is 35.5. The first-order chi connectivity index (χ1) is 8.33. The molecule has 0 bridgehead atoms. The minimum atomic E-state index is 0.334. The zero-order valence-corrected chi connectivity index (χ0v) is 9.44. The van der Waals surface area contributed by atoms with Crippen LogP contribution in [0.4, 0.5) is 0 Å². The summed E-state index contributed by atoms with van der Waals surface area (Å²) in [6.07, 6.45) is 3.18. The second kappa shape index (κ2) is 4.10. The Kier molecular flexibility index (Phi) is 2.45. The van der Waals surface area contributed by atoms with Crippen molar-refractivity contribution < 1.29 is 9.26 Å². The number of rotatable bonds is 3. The van der Waals surface area contributed by atoms with E-state index in [1.165, 1.54) is 6.26 Å². The van der Waals surface area contributed by atoms with Crippen molar-refractivity contribution in [3.63, 3.8) is 0 Å². The summed E-state index contributed by atoms with van der Waals surface area (Å²) in [7, 11) is 0. The number of ether oxygens (including phenoxy) is 1. The Balaban J connectivity index is 1.86. The van der Waals surface area contributed by atoms with Crippen molar-refractivity contribution in [3.05, 3.63) is 41.2 Å². The van der Waals surface area contributed by atoms with Gasteiger partial charge in [0.25, 0.3) is 5.88 Å². The van der Waals surface area contributed by atoms with Crippen molar-refractivity contribution in [1.29, 1.82) is 0 Å². The summed E-state index contributed by atoms with van der Waals surface area (Å²) in [6, 6.07) is 5.40. The van der Waals surface area contributed by atoms with Crippen LogP contribution >= 0.6 is 11.6 Å². The lowest BCUT2D eigenvalue weighted by Gasteiger charge is -2.04. The van der Waals surface area contributed by atoms with Crippen LogP contribution in [0.3, 0.4) is 0 Å². The summed E-state index contributed by atoms with van der Waals surface area (Å²) in [5.74, 6) is 0.436. The molecular weight excluding hydrogens is 242 g/mol. The van der Waals surface area contributed by atoms with Crippen LogP contribution in [0.2, 0.25) is 5.02 Å². The molecule has 86 valence electrons. The van der Waals surface area contributed by atoms with Gasteiger partial charge in [0.2, 0.25) is 0 Å². The zero-order valence-electron chi connectivity index (χ0n) is 8.68. The van der Waals surface area contributed by atoms with E-state index in [0.717, 1.165) is 16.5 Å². The fourth-order valence-corrected chi connectivity index (χ4v) is 1.77. The molecule has 0 atom stereocenters. The Morgan fingerprint density at radius 2 is 2.35 bits per heavy atom. The molecule has 0 amide bonds. The molecule has 0 saturated carbocycles. The van der Waals surface area contributed by atoms with Crippen molar-refractivity contribution >= 4 is 22.5 Å². The van der Waals surface area contributed by atoms with Crippen LogP contribution in [0.15, 0.2) is 35.2 Å². The molecule has 1 N–H and O–H groups in total. The average molecular weight is 250 g/mol.